The fourth-order valence-corrected chi connectivity index (χ4v) is 4.07. The van der Waals surface area contributed by atoms with Crippen LogP contribution in [-0.4, -0.2) is 21.4 Å². The van der Waals surface area contributed by atoms with Gasteiger partial charge >= 0.3 is 0 Å². The highest BCUT2D eigenvalue weighted by molar-refractivity contribution is 7.92. The highest BCUT2D eigenvalue weighted by Gasteiger charge is 2.22. The van der Waals surface area contributed by atoms with Crippen LogP contribution < -0.4 is 9.62 Å². The minimum absolute atomic E-state index is 0.0815. The number of amides is 1. The van der Waals surface area contributed by atoms with Gasteiger partial charge in [-0.15, -0.1) is 0 Å². The first-order chi connectivity index (χ1) is 13.3. The molecule has 3 aromatic carbocycles. The molecule has 28 heavy (non-hydrogen) atoms. The number of hydrogen-bond acceptors (Lipinski definition) is 3. The van der Waals surface area contributed by atoms with Crippen molar-refractivity contribution < 1.29 is 17.6 Å². The molecule has 1 amide bonds. The van der Waals surface area contributed by atoms with E-state index in [0.717, 1.165) is 0 Å². The molecule has 7 heteroatoms. The van der Waals surface area contributed by atoms with Gasteiger partial charge in [-0.1, -0.05) is 30.3 Å². The third-order valence-corrected chi connectivity index (χ3v) is 6.11. The van der Waals surface area contributed by atoms with Gasteiger partial charge in [0, 0.05) is 12.6 Å². The lowest BCUT2D eigenvalue weighted by atomic mass is 10.1. The van der Waals surface area contributed by atoms with Crippen molar-refractivity contribution in [2.24, 2.45) is 0 Å². The fraction of sp³-hybridized carbons (Fsp3) is 0.0952. The van der Waals surface area contributed by atoms with Gasteiger partial charge in [0.25, 0.3) is 15.9 Å². The molecule has 5 nitrogen and oxygen atoms in total. The molecule has 0 unspecified atom stereocenters. The van der Waals surface area contributed by atoms with Crippen molar-refractivity contribution in [1.82, 2.24) is 0 Å². The monoisotopic (exact) mass is 398 g/mol. The number of nitrogens with one attached hydrogen (secondary N) is 1. The van der Waals surface area contributed by atoms with E-state index in [1.54, 1.807) is 43.3 Å². The molecule has 0 heterocycles. The van der Waals surface area contributed by atoms with Crippen molar-refractivity contribution in [3.8, 4) is 0 Å². The Bertz CT molecular complexity index is 1120. The summed E-state index contributed by atoms with van der Waals surface area (Å²) in [5.41, 5.74) is 1.43. The number of carbonyl (C=O) groups is 1. The Kier molecular flexibility index (Phi) is 5.46. The molecule has 0 aliphatic heterocycles. The second-order valence-corrected chi connectivity index (χ2v) is 8.19. The average Bonchev–Trinajstić information content (AvgIpc) is 2.69. The average molecular weight is 398 g/mol. The lowest BCUT2D eigenvalue weighted by Crippen LogP contribution is -2.27. The predicted molar refractivity (Wildman–Crippen MR) is 108 cm³/mol. The first-order valence-electron chi connectivity index (χ1n) is 8.51. The molecule has 0 atom stereocenters. The molecule has 144 valence electrons. The first-order valence-corrected chi connectivity index (χ1v) is 9.95. The smallest absolute Gasteiger partial charge is 0.264 e. The van der Waals surface area contributed by atoms with E-state index >= 15 is 0 Å². The summed E-state index contributed by atoms with van der Waals surface area (Å²) in [7, 11) is -2.26. The number of benzene rings is 3. The van der Waals surface area contributed by atoms with Crippen molar-refractivity contribution in [2.75, 3.05) is 16.7 Å². The highest BCUT2D eigenvalue weighted by atomic mass is 32.2. The third kappa shape index (κ3) is 3.89. The van der Waals surface area contributed by atoms with E-state index in [9.17, 15) is 17.6 Å². The van der Waals surface area contributed by atoms with Crippen LogP contribution in [0.4, 0.5) is 15.8 Å². The Morgan fingerprint density at radius 3 is 2.25 bits per heavy atom. The van der Waals surface area contributed by atoms with Gasteiger partial charge in [-0.3, -0.25) is 9.10 Å². The van der Waals surface area contributed by atoms with E-state index in [1.807, 2.05) is 0 Å². The summed E-state index contributed by atoms with van der Waals surface area (Å²) in [4.78, 5) is 12.6. The summed E-state index contributed by atoms with van der Waals surface area (Å²) in [5.74, 6) is -1.01. The van der Waals surface area contributed by atoms with Gasteiger partial charge in [0.2, 0.25) is 0 Å². The summed E-state index contributed by atoms with van der Waals surface area (Å²) in [6.07, 6.45) is 0. The number of carbonyl (C=O) groups excluding carboxylic acids is 1. The molecule has 0 bridgehead atoms. The zero-order chi connectivity index (χ0) is 20.3. The molecule has 3 rings (SSSR count). The van der Waals surface area contributed by atoms with E-state index in [1.165, 1.54) is 47.8 Å². The van der Waals surface area contributed by atoms with E-state index < -0.39 is 21.7 Å². The van der Waals surface area contributed by atoms with E-state index in [0.29, 0.717) is 16.8 Å². The lowest BCUT2D eigenvalue weighted by Gasteiger charge is -2.22. The van der Waals surface area contributed by atoms with Crippen molar-refractivity contribution >= 4 is 27.3 Å². The second kappa shape index (κ2) is 7.82. The van der Waals surface area contributed by atoms with Crippen LogP contribution in [0, 0.1) is 12.7 Å². The molecule has 0 aliphatic rings. The first kappa shape index (κ1) is 19.6. The van der Waals surface area contributed by atoms with Crippen LogP contribution in [0.15, 0.2) is 77.7 Å². The standard InChI is InChI=1S/C21H19FN2O3S/c1-15-14-16(21(25)23-19-11-7-6-10-18(19)22)12-13-20(15)24(2)28(26,27)17-8-4-3-5-9-17/h3-14H,1-2H3,(H,23,25). The SMILES string of the molecule is Cc1cc(C(=O)Nc2ccccc2F)ccc1N(C)S(=O)(=O)c1ccccc1. The normalized spacial score (nSPS) is 11.1. The Labute approximate surface area is 163 Å². The van der Waals surface area contributed by atoms with Gasteiger partial charge in [0.1, 0.15) is 5.82 Å². The summed E-state index contributed by atoms with van der Waals surface area (Å²) < 4.78 is 40.5. The quantitative estimate of drug-likeness (QED) is 0.700. The summed E-state index contributed by atoms with van der Waals surface area (Å²) in [6, 6.07) is 18.6. The van der Waals surface area contributed by atoms with E-state index in [4.69, 9.17) is 0 Å². The molecule has 0 aliphatic carbocycles. The molecule has 0 fully saturated rings. The maximum atomic E-state index is 13.7. The van der Waals surface area contributed by atoms with Crippen LogP contribution in [0.5, 0.6) is 0 Å². The van der Waals surface area contributed by atoms with Crippen LogP contribution in [0.1, 0.15) is 15.9 Å². The molecule has 0 spiro atoms. The van der Waals surface area contributed by atoms with Crippen molar-refractivity contribution in [2.45, 2.75) is 11.8 Å². The predicted octanol–water partition coefficient (Wildman–Crippen LogP) is 4.21. The van der Waals surface area contributed by atoms with Gasteiger partial charge in [-0.25, -0.2) is 12.8 Å². The molecule has 0 radical (unpaired) electrons. The topological polar surface area (TPSA) is 66.5 Å². The highest BCUT2D eigenvalue weighted by Crippen LogP contribution is 2.26. The second-order valence-electron chi connectivity index (χ2n) is 6.22. The zero-order valence-corrected chi connectivity index (χ0v) is 16.2. The van der Waals surface area contributed by atoms with E-state index in [2.05, 4.69) is 5.32 Å². The number of sulfonamides is 1. The molecule has 0 saturated heterocycles. The van der Waals surface area contributed by atoms with Gasteiger partial charge in [0.15, 0.2) is 0 Å². The van der Waals surface area contributed by atoms with Gasteiger partial charge < -0.3 is 5.32 Å². The number of halogens is 1. The molecular weight excluding hydrogens is 379 g/mol. The summed E-state index contributed by atoms with van der Waals surface area (Å²) >= 11 is 0. The maximum absolute atomic E-state index is 13.7. The van der Waals surface area contributed by atoms with Gasteiger partial charge in [-0.05, 0) is 55.0 Å². The lowest BCUT2D eigenvalue weighted by molar-refractivity contribution is 0.102. The Hall–Kier alpha value is -3.19. The molecular formula is C21H19FN2O3S. The molecule has 0 aromatic heterocycles. The summed E-state index contributed by atoms with van der Waals surface area (Å²) in [6.45, 7) is 1.71. The maximum Gasteiger partial charge on any atom is 0.264 e. The van der Waals surface area contributed by atoms with Crippen molar-refractivity contribution in [3.05, 3.63) is 89.7 Å². The molecule has 3 aromatic rings. The number of hydrogen-bond donors (Lipinski definition) is 1. The Morgan fingerprint density at radius 1 is 0.964 bits per heavy atom. The van der Waals surface area contributed by atoms with Crippen molar-refractivity contribution in [3.63, 3.8) is 0 Å². The number of anilines is 2. The minimum atomic E-state index is -3.72. The number of aryl methyl sites for hydroxylation is 1. The Balaban J connectivity index is 1.86. The van der Waals surface area contributed by atoms with Gasteiger partial charge in [-0.2, -0.15) is 0 Å². The van der Waals surface area contributed by atoms with Crippen LogP contribution in [0.25, 0.3) is 0 Å². The Morgan fingerprint density at radius 2 is 1.61 bits per heavy atom. The van der Waals surface area contributed by atoms with Gasteiger partial charge in [0.05, 0.1) is 16.3 Å². The molecule has 1 N–H and O–H groups in total. The minimum Gasteiger partial charge on any atom is -0.319 e. The van der Waals surface area contributed by atoms with E-state index in [-0.39, 0.29) is 10.6 Å². The van der Waals surface area contributed by atoms with Crippen LogP contribution >= 0.6 is 0 Å². The number of para-hydroxylation sites is 1. The zero-order valence-electron chi connectivity index (χ0n) is 15.4. The largest absolute Gasteiger partial charge is 0.319 e. The van der Waals surface area contributed by atoms with Crippen LogP contribution in [-0.2, 0) is 10.0 Å². The van der Waals surface area contributed by atoms with Crippen molar-refractivity contribution in [1.29, 1.82) is 0 Å². The third-order valence-electron chi connectivity index (χ3n) is 4.32. The fourth-order valence-electron chi connectivity index (χ4n) is 2.79. The summed E-state index contributed by atoms with van der Waals surface area (Å²) in [5, 5.41) is 2.51. The number of rotatable bonds is 5. The molecule has 0 saturated carbocycles. The number of nitrogens with zero attached hydrogens (tertiary/aromatic N) is 1. The van der Waals surface area contributed by atoms with Crippen LogP contribution in [0.3, 0.4) is 0 Å². The van der Waals surface area contributed by atoms with Crippen LogP contribution in [0.2, 0.25) is 0 Å².